The van der Waals surface area contributed by atoms with Crippen LogP contribution in [0.2, 0.25) is 0 Å². The van der Waals surface area contributed by atoms with Gasteiger partial charge in [-0.2, -0.15) is 0 Å². The molecule has 5 nitrogen and oxygen atoms in total. The van der Waals surface area contributed by atoms with E-state index in [9.17, 15) is 4.79 Å². The molecule has 132 valence electrons. The van der Waals surface area contributed by atoms with Gasteiger partial charge < -0.3 is 20.3 Å². The maximum absolute atomic E-state index is 12.1. The van der Waals surface area contributed by atoms with E-state index in [2.05, 4.69) is 27.7 Å². The van der Waals surface area contributed by atoms with Crippen molar-refractivity contribution in [2.45, 2.75) is 19.8 Å². The molecule has 2 N–H and O–H groups in total. The zero-order valence-electron chi connectivity index (χ0n) is 14.6. The largest absolute Gasteiger partial charge is 0.494 e. The third-order valence-corrected chi connectivity index (χ3v) is 4.24. The normalized spacial score (nSPS) is 13.6. The van der Waals surface area contributed by atoms with Gasteiger partial charge in [-0.1, -0.05) is 0 Å². The van der Waals surface area contributed by atoms with Crippen LogP contribution in [0.3, 0.4) is 0 Å². The molecule has 0 aromatic heterocycles. The van der Waals surface area contributed by atoms with E-state index in [-0.39, 0.29) is 12.5 Å². The predicted molar refractivity (Wildman–Crippen MR) is 103 cm³/mol. The smallest absolute Gasteiger partial charge is 0.243 e. The summed E-state index contributed by atoms with van der Waals surface area (Å²) in [7, 11) is 0. The van der Waals surface area contributed by atoms with Gasteiger partial charge in [-0.05, 0) is 68.3 Å². The maximum Gasteiger partial charge on any atom is 0.243 e. The van der Waals surface area contributed by atoms with Crippen molar-refractivity contribution in [1.29, 1.82) is 0 Å². The van der Waals surface area contributed by atoms with Gasteiger partial charge in [0.15, 0.2) is 0 Å². The monoisotopic (exact) mass is 339 g/mol. The van der Waals surface area contributed by atoms with Crippen LogP contribution in [0.5, 0.6) is 5.75 Å². The highest BCUT2D eigenvalue weighted by molar-refractivity contribution is 5.93. The Morgan fingerprint density at radius 1 is 1.00 bits per heavy atom. The molecule has 2 aromatic carbocycles. The number of ether oxygens (including phenoxy) is 1. The lowest BCUT2D eigenvalue weighted by Crippen LogP contribution is -2.21. The number of rotatable bonds is 7. The van der Waals surface area contributed by atoms with Crippen LogP contribution in [0.15, 0.2) is 48.5 Å². The van der Waals surface area contributed by atoms with E-state index in [1.807, 2.05) is 43.3 Å². The molecule has 0 bridgehead atoms. The molecule has 0 saturated carbocycles. The molecule has 1 fully saturated rings. The van der Waals surface area contributed by atoms with Gasteiger partial charge in [0.25, 0.3) is 0 Å². The lowest BCUT2D eigenvalue weighted by Gasteiger charge is -2.18. The van der Waals surface area contributed by atoms with E-state index < -0.39 is 0 Å². The summed E-state index contributed by atoms with van der Waals surface area (Å²) in [5.74, 6) is 0.726. The molecule has 1 aliphatic rings. The van der Waals surface area contributed by atoms with Crippen molar-refractivity contribution >= 4 is 23.0 Å². The van der Waals surface area contributed by atoms with E-state index in [1.165, 1.54) is 18.5 Å². The molecule has 0 radical (unpaired) electrons. The number of hydrogen-bond donors (Lipinski definition) is 2. The Kier molecular flexibility index (Phi) is 5.77. The standard InChI is InChI=1S/C20H25N3O2/c1-2-25-19-11-7-17(8-12-19)22-20(24)15-21-16-5-9-18(10-6-16)23-13-3-4-14-23/h5-12,21H,2-4,13-15H2,1H3,(H,22,24). The highest BCUT2D eigenvalue weighted by Gasteiger charge is 2.11. The molecule has 1 heterocycles. The van der Waals surface area contributed by atoms with Crippen molar-refractivity contribution in [2.24, 2.45) is 0 Å². The molecule has 0 atom stereocenters. The second-order valence-electron chi connectivity index (χ2n) is 6.10. The fourth-order valence-electron chi connectivity index (χ4n) is 2.95. The minimum Gasteiger partial charge on any atom is -0.494 e. The average molecular weight is 339 g/mol. The maximum atomic E-state index is 12.1. The average Bonchev–Trinajstić information content (AvgIpc) is 3.17. The molecule has 1 amide bonds. The van der Waals surface area contributed by atoms with Crippen LogP contribution in [0.1, 0.15) is 19.8 Å². The molecule has 1 saturated heterocycles. The quantitative estimate of drug-likeness (QED) is 0.807. The van der Waals surface area contributed by atoms with E-state index >= 15 is 0 Å². The van der Waals surface area contributed by atoms with Crippen LogP contribution in [0.25, 0.3) is 0 Å². The van der Waals surface area contributed by atoms with Crippen LogP contribution in [0, 0.1) is 0 Å². The molecule has 0 spiro atoms. The Hall–Kier alpha value is -2.69. The lowest BCUT2D eigenvalue weighted by atomic mass is 10.2. The molecular weight excluding hydrogens is 314 g/mol. The van der Waals surface area contributed by atoms with Crippen LogP contribution in [0.4, 0.5) is 17.1 Å². The number of hydrogen-bond acceptors (Lipinski definition) is 4. The molecule has 0 unspecified atom stereocenters. The van der Waals surface area contributed by atoms with Crippen molar-refractivity contribution in [1.82, 2.24) is 0 Å². The lowest BCUT2D eigenvalue weighted by molar-refractivity contribution is -0.114. The van der Waals surface area contributed by atoms with Crippen molar-refractivity contribution < 1.29 is 9.53 Å². The molecule has 2 aromatic rings. The van der Waals surface area contributed by atoms with Gasteiger partial charge in [-0.25, -0.2) is 0 Å². The van der Waals surface area contributed by atoms with Crippen molar-refractivity contribution in [3.05, 3.63) is 48.5 Å². The second kappa shape index (κ2) is 8.42. The second-order valence-corrected chi connectivity index (χ2v) is 6.10. The zero-order valence-corrected chi connectivity index (χ0v) is 14.6. The first kappa shape index (κ1) is 17.1. The first-order chi connectivity index (χ1) is 12.2. The highest BCUT2D eigenvalue weighted by Crippen LogP contribution is 2.22. The third kappa shape index (κ3) is 4.89. The number of nitrogens with one attached hydrogen (secondary N) is 2. The van der Waals surface area contributed by atoms with Crippen molar-refractivity contribution in [2.75, 3.05) is 41.8 Å². The number of amides is 1. The Bertz CT molecular complexity index is 677. The van der Waals surface area contributed by atoms with Gasteiger partial charge in [0.2, 0.25) is 5.91 Å². The topological polar surface area (TPSA) is 53.6 Å². The predicted octanol–water partition coefficient (Wildman–Crippen LogP) is 3.74. The fraction of sp³-hybridized carbons (Fsp3) is 0.350. The van der Waals surface area contributed by atoms with Gasteiger partial charge in [0, 0.05) is 30.2 Å². The zero-order chi connectivity index (χ0) is 17.5. The van der Waals surface area contributed by atoms with Crippen LogP contribution < -0.4 is 20.3 Å². The van der Waals surface area contributed by atoms with Gasteiger partial charge in [-0.15, -0.1) is 0 Å². The number of benzene rings is 2. The summed E-state index contributed by atoms with van der Waals surface area (Å²) in [6.45, 7) is 5.08. The molecule has 1 aliphatic heterocycles. The Labute approximate surface area is 149 Å². The molecule has 0 aliphatic carbocycles. The van der Waals surface area contributed by atoms with Gasteiger partial charge >= 0.3 is 0 Å². The van der Waals surface area contributed by atoms with Crippen LogP contribution >= 0.6 is 0 Å². The SMILES string of the molecule is CCOc1ccc(NC(=O)CNc2ccc(N3CCCC3)cc2)cc1. The van der Waals surface area contributed by atoms with Gasteiger partial charge in [0.05, 0.1) is 13.2 Å². The van der Waals surface area contributed by atoms with Crippen LogP contribution in [-0.4, -0.2) is 32.1 Å². The van der Waals surface area contributed by atoms with Crippen molar-refractivity contribution in [3.8, 4) is 5.75 Å². The number of anilines is 3. The van der Waals surface area contributed by atoms with E-state index in [0.717, 1.165) is 30.2 Å². The Morgan fingerprint density at radius 2 is 1.64 bits per heavy atom. The summed E-state index contributed by atoms with van der Waals surface area (Å²) in [5, 5.41) is 6.03. The molecular formula is C20H25N3O2. The van der Waals surface area contributed by atoms with E-state index in [4.69, 9.17) is 4.74 Å². The fourth-order valence-corrected chi connectivity index (χ4v) is 2.95. The summed E-state index contributed by atoms with van der Waals surface area (Å²) in [6, 6.07) is 15.7. The van der Waals surface area contributed by atoms with Crippen molar-refractivity contribution in [3.63, 3.8) is 0 Å². The van der Waals surface area contributed by atoms with Crippen LogP contribution in [-0.2, 0) is 4.79 Å². The number of nitrogens with zero attached hydrogens (tertiary/aromatic N) is 1. The number of carbonyl (C=O) groups is 1. The summed E-state index contributed by atoms with van der Waals surface area (Å²) in [5.41, 5.74) is 2.96. The summed E-state index contributed by atoms with van der Waals surface area (Å²) in [4.78, 5) is 14.5. The van der Waals surface area contributed by atoms with Gasteiger partial charge in [0.1, 0.15) is 5.75 Å². The number of carbonyl (C=O) groups excluding carboxylic acids is 1. The minimum absolute atomic E-state index is 0.0761. The Morgan fingerprint density at radius 3 is 2.28 bits per heavy atom. The van der Waals surface area contributed by atoms with Gasteiger partial charge in [-0.3, -0.25) is 4.79 Å². The Balaban J connectivity index is 1.46. The molecule has 25 heavy (non-hydrogen) atoms. The molecule has 5 heteroatoms. The first-order valence-electron chi connectivity index (χ1n) is 8.86. The van der Waals surface area contributed by atoms with E-state index in [1.54, 1.807) is 0 Å². The summed E-state index contributed by atoms with van der Waals surface area (Å²) in [6.07, 6.45) is 2.54. The third-order valence-electron chi connectivity index (χ3n) is 4.24. The van der Waals surface area contributed by atoms with E-state index in [0.29, 0.717) is 6.61 Å². The first-order valence-corrected chi connectivity index (χ1v) is 8.86. The minimum atomic E-state index is -0.0761. The summed E-state index contributed by atoms with van der Waals surface area (Å²) >= 11 is 0. The molecule has 3 rings (SSSR count). The highest BCUT2D eigenvalue weighted by atomic mass is 16.5. The summed E-state index contributed by atoms with van der Waals surface area (Å²) < 4.78 is 5.39.